The van der Waals surface area contributed by atoms with E-state index in [-0.39, 0.29) is 38.9 Å². The fraction of sp³-hybridized carbons (Fsp3) is 0.962. The number of carboxylic acids is 1. The van der Waals surface area contributed by atoms with Gasteiger partial charge in [-0.3, -0.25) is 0 Å². The summed E-state index contributed by atoms with van der Waals surface area (Å²) in [5, 5.41) is 10.1. The first kappa shape index (κ1) is 50.4. The summed E-state index contributed by atoms with van der Waals surface area (Å²) >= 11 is -5.25. The molecule has 0 bridgehead atoms. The van der Waals surface area contributed by atoms with Gasteiger partial charge in [0.15, 0.2) is 0 Å². The second-order valence-corrected chi connectivity index (χ2v) is 18.5. The Bertz CT molecular complexity index is 1090. The van der Waals surface area contributed by atoms with Crippen molar-refractivity contribution in [2.45, 2.75) is 136 Å². The average molecular weight is 844 g/mol. The van der Waals surface area contributed by atoms with Gasteiger partial charge >= 0.3 is 263 Å². The molecule has 0 heterocycles. The van der Waals surface area contributed by atoms with Crippen LogP contribution in [0.5, 0.6) is 0 Å². The molecule has 0 amide bonds. The van der Waals surface area contributed by atoms with E-state index in [1.807, 2.05) is 13.8 Å². The molecule has 0 saturated carbocycles. The van der Waals surface area contributed by atoms with Gasteiger partial charge in [-0.2, -0.15) is 0 Å². The number of unbranched alkanes of at least 4 members (excludes halogenated alkanes) is 12. The Hall–Kier alpha value is 0.424. The normalized spacial score (nSPS) is 18.0. The maximum atomic E-state index is 13.7. The Kier molecular flexibility index (Phi) is 27.3. The van der Waals surface area contributed by atoms with E-state index in [1.54, 1.807) is 13.8 Å². The minimum atomic E-state index is -5.76. The van der Waals surface area contributed by atoms with Crippen molar-refractivity contribution < 1.29 is 103 Å². The molecule has 0 aromatic carbocycles. The monoisotopic (exact) mass is 844 g/mol. The number of carbonyl (C=O) groups is 1. The number of aliphatic carboxylic acids is 1. The van der Waals surface area contributed by atoms with Gasteiger partial charge in [0.2, 0.25) is 0 Å². The van der Waals surface area contributed by atoms with Crippen molar-refractivity contribution in [2.75, 3.05) is 26.4 Å². The van der Waals surface area contributed by atoms with Crippen LogP contribution in [0.3, 0.4) is 0 Å². The van der Waals surface area contributed by atoms with Crippen molar-refractivity contribution >= 4 is 37.3 Å². The first-order chi connectivity index (χ1) is 23.4. The SMILES string of the molecule is CCCCCCCCOP(=O)(O)OP(=O)(OCCCC)OC([O][Ti](=[O])[OH])(OP(=O)(OCCCC)OP(=O)(O)OCCCCCCCC)C(=O)O. The second-order valence-electron chi connectivity index (χ2n) is 11.0. The van der Waals surface area contributed by atoms with E-state index >= 15 is 0 Å². The van der Waals surface area contributed by atoms with Gasteiger partial charge in [0.25, 0.3) is 0 Å². The zero-order valence-corrected chi connectivity index (χ0v) is 34.5. The van der Waals surface area contributed by atoms with Crippen LogP contribution in [0.2, 0.25) is 0 Å². The Morgan fingerprint density at radius 2 is 0.880 bits per heavy atom. The fourth-order valence-corrected chi connectivity index (χ4v) is 10.2. The zero-order chi connectivity index (χ0) is 38.2. The minimum absolute atomic E-state index is 0.110. The molecule has 0 rings (SSSR count). The van der Waals surface area contributed by atoms with E-state index in [2.05, 4.69) is 11.9 Å². The summed E-state index contributed by atoms with van der Waals surface area (Å²) in [6, 6.07) is 0. The third kappa shape index (κ3) is 24.0. The predicted octanol–water partition coefficient (Wildman–Crippen LogP) is 8.40. The van der Waals surface area contributed by atoms with Crippen LogP contribution in [0.25, 0.3) is 0 Å². The summed E-state index contributed by atoms with van der Waals surface area (Å²) in [7, 11) is -22.3. The number of carboxylic acid groups (broad SMARTS) is 1. The molecule has 4 N–H and O–H groups in total. The van der Waals surface area contributed by atoms with Crippen molar-refractivity contribution in [3.63, 3.8) is 0 Å². The van der Waals surface area contributed by atoms with Crippen LogP contribution in [0.1, 0.15) is 130 Å². The maximum absolute atomic E-state index is 13.7. The Balaban J connectivity index is 6.38. The standard InChI is InChI=1S/C26H55O17P4.H2O.O.Ti/c1-5-9-13-15-17-19-23-36-44(30,31)42-46(34,38-21-11-7-3)40-26(29,25(27)28)41-47(35,39-22-12-8-4)43-45(32,33)37-24-20-18-16-14-10-6-2;;;/h5-24H2,1-4H3,(H,27,28)(H,30,31)(H,32,33);1H2;;/q-1;;;+2/p-1. The van der Waals surface area contributed by atoms with Gasteiger partial charge in [-0.15, -0.1) is 0 Å². The molecule has 4 unspecified atom stereocenters. The molecule has 4 atom stereocenters. The van der Waals surface area contributed by atoms with E-state index in [9.17, 15) is 45.0 Å². The molecule has 24 heteroatoms. The number of phosphoric acid groups is 4. The van der Waals surface area contributed by atoms with Crippen molar-refractivity contribution in [2.24, 2.45) is 0 Å². The third-order valence-corrected chi connectivity index (χ3v) is 13.2. The van der Waals surface area contributed by atoms with Crippen molar-refractivity contribution in [3.8, 4) is 0 Å². The molecule has 0 spiro atoms. The molecule has 0 radical (unpaired) electrons. The summed E-state index contributed by atoms with van der Waals surface area (Å²) in [4.78, 5) is 33.2. The van der Waals surface area contributed by atoms with Crippen LogP contribution in [0.15, 0.2) is 0 Å². The topological polar surface area (TPSA) is 266 Å². The van der Waals surface area contributed by atoms with Crippen molar-refractivity contribution in [3.05, 3.63) is 0 Å². The molecule has 0 aromatic rings. The van der Waals surface area contributed by atoms with Crippen molar-refractivity contribution in [1.29, 1.82) is 0 Å². The van der Waals surface area contributed by atoms with Crippen LogP contribution < -0.4 is 0 Å². The molecule has 0 aliphatic rings. The van der Waals surface area contributed by atoms with Gasteiger partial charge in [0, 0.05) is 0 Å². The van der Waals surface area contributed by atoms with E-state index in [1.165, 1.54) is 0 Å². The molecule has 50 heavy (non-hydrogen) atoms. The second kappa shape index (κ2) is 27.1. The summed E-state index contributed by atoms with van der Waals surface area (Å²) in [5.41, 5.74) is 0. The van der Waals surface area contributed by atoms with Gasteiger partial charge in [0.1, 0.15) is 0 Å². The van der Waals surface area contributed by atoms with E-state index < -0.39 is 75.1 Å². The summed E-state index contributed by atoms with van der Waals surface area (Å²) in [5.74, 6) is -6.85. The Morgan fingerprint density at radius 3 is 1.20 bits per heavy atom. The van der Waals surface area contributed by atoms with Crippen LogP contribution in [-0.2, 0) is 84.1 Å². The average Bonchev–Trinajstić information content (AvgIpc) is 2.99. The van der Waals surface area contributed by atoms with Gasteiger partial charge < -0.3 is 0 Å². The summed E-state index contributed by atoms with van der Waals surface area (Å²) < 4.78 is 118. The van der Waals surface area contributed by atoms with Crippen LogP contribution in [0.4, 0.5) is 0 Å². The Labute approximate surface area is 301 Å². The summed E-state index contributed by atoms with van der Waals surface area (Å²) in [6.45, 7) is 5.57. The fourth-order valence-electron chi connectivity index (χ4n) is 3.78. The third-order valence-electron chi connectivity index (χ3n) is 6.35. The van der Waals surface area contributed by atoms with Crippen LogP contribution >= 0.6 is 31.3 Å². The quantitative estimate of drug-likeness (QED) is 0.0202. The van der Waals surface area contributed by atoms with Crippen LogP contribution in [-0.4, -0.2) is 57.0 Å². The van der Waals surface area contributed by atoms with Gasteiger partial charge in [-0.1, -0.05) is 39.5 Å². The van der Waals surface area contributed by atoms with Crippen LogP contribution in [0, 0.1) is 0 Å². The molecule has 0 saturated heterocycles. The molecular formula is C26H56O19P4Ti. The molecule has 0 fully saturated rings. The molecule has 0 aliphatic carbocycles. The molecular weight excluding hydrogens is 788 g/mol. The summed E-state index contributed by atoms with van der Waals surface area (Å²) in [6.07, 6.45) is 10.3. The van der Waals surface area contributed by atoms with Gasteiger partial charge in [0.05, 0.1) is 0 Å². The van der Waals surface area contributed by atoms with Gasteiger partial charge in [-0.25, -0.2) is 0 Å². The Morgan fingerprint density at radius 1 is 0.560 bits per heavy atom. The van der Waals surface area contributed by atoms with Crippen molar-refractivity contribution in [1.82, 2.24) is 0 Å². The molecule has 19 nitrogen and oxygen atoms in total. The number of phosphoric ester groups is 4. The van der Waals surface area contributed by atoms with Gasteiger partial charge in [-0.05, 0) is 0 Å². The molecule has 0 aliphatic heterocycles. The predicted molar refractivity (Wildman–Crippen MR) is 174 cm³/mol. The molecule has 0 aromatic heterocycles. The molecule has 298 valence electrons. The van der Waals surface area contributed by atoms with E-state index in [4.69, 9.17) is 27.1 Å². The van der Waals surface area contributed by atoms with E-state index in [0.29, 0.717) is 25.7 Å². The van der Waals surface area contributed by atoms with E-state index in [0.717, 1.165) is 51.4 Å². The number of rotatable bonds is 35. The zero-order valence-electron chi connectivity index (χ0n) is 29.3. The number of hydrogen-bond acceptors (Lipinski definition) is 15. The first-order valence-electron chi connectivity index (χ1n) is 16.9. The first-order valence-corrected chi connectivity index (χ1v) is 24.7. The number of hydrogen-bond donors (Lipinski definition) is 4.